The van der Waals surface area contributed by atoms with Crippen LogP contribution in [0, 0.1) is 11.3 Å². The van der Waals surface area contributed by atoms with Gasteiger partial charge in [0, 0.05) is 35.3 Å². The number of benzene rings is 1. The van der Waals surface area contributed by atoms with Crippen LogP contribution in [0.4, 0.5) is 0 Å². The smallest absolute Gasteiger partial charge is 0.254 e. The van der Waals surface area contributed by atoms with Crippen LogP contribution in [-0.4, -0.2) is 73.3 Å². The van der Waals surface area contributed by atoms with Crippen molar-refractivity contribution in [2.45, 2.75) is 123 Å². The van der Waals surface area contributed by atoms with Gasteiger partial charge in [0.05, 0.1) is 18.8 Å². The molecule has 0 spiro atoms. The molecule has 41 heavy (non-hydrogen) atoms. The van der Waals surface area contributed by atoms with Crippen molar-refractivity contribution in [3.05, 3.63) is 28.8 Å². The summed E-state index contributed by atoms with van der Waals surface area (Å²) in [5, 5.41) is 16.6. The van der Waals surface area contributed by atoms with Gasteiger partial charge < -0.3 is 31.1 Å². The number of aliphatic hydroxyl groups excluding tert-OH is 1. The average Bonchev–Trinajstić information content (AvgIpc) is 3.38. The van der Waals surface area contributed by atoms with E-state index < -0.39 is 12.1 Å². The minimum Gasteiger partial charge on any atom is -0.493 e. The molecule has 1 aromatic carbocycles. The van der Waals surface area contributed by atoms with Gasteiger partial charge in [0.1, 0.15) is 5.75 Å². The minimum absolute atomic E-state index is 0.0152. The molecule has 2 heterocycles. The van der Waals surface area contributed by atoms with Crippen molar-refractivity contribution < 1.29 is 19.4 Å². The summed E-state index contributed by atoms with van der Waals surface area (Å²) in [6.07, 6.45) is 11.9. The molecule has 4 unspecified atom stereocenters. The number of amides is 2. The van der Waals surface area contributed by atoms with Gasteiger partial charge in [-0.1, -0.05) is 46.0 Å². The molecule has 0 bridgehead atoms. The maximum Gasteiger partial charge on any atom is 0.254 e. The molecule has 8 nitrogen and oxygen atoms in total. The number of likely N-dealkylation sites (tertiary alicyclic amines) is 1. The molecule has 1 saturated heterocycles. The molecular formula is C33H56N4O4. The van der Waals surface area contributed by atoms with E-state index >= 15 is 0 Å². The van der Waals surface area contributed by atoms with Crippen LogP contribution < -0.4 is 21.1 Å². The van der Waals surface area contributed by atoms with Crippen LogP contribution in [0.15, 0.2) is 12.1 Å². The van der Waals surface area contributed by atoms with E-state index in [1.807, 2.05) is 6.92 Å². The van der Waals surface area contributed by atoms with Gasteiger partial charge in [0.2, 0.25) is 0 Å². The Hall–Kier alpha value is -2.16. The lowest BCUT2D eigenvalue weighted by Crippen LogP contribution is -2.49. The van der Waals surface area contributed by atoms with E-state index in [2.05, 4.69) is 35.1 Å². The van der Waals surface area contributed by atoms with E-state index in [0.29, 0.717) is 29.4 Å². The normalized spacial score (nSPS) is 23.3. The maximum absolute atomic E-state index is 14.3. The Kier molecular flexibility index (Phi) is 12.5. The van der Waals surface area contributed by atoms with Crippen molar-refractivity contribution >= 4 is 11.8 Å². The lowest BCUT2D eigenvalue weighted by atomic mass is 9.84. The Morgan fingerprint density at radius 3 is 2.34 bits per heavy atom. The second kappa shape index (κ2) is 15.4. The van der Waals surface area contributed by atoms with Crippen molar-refractivity contribution in [1.82, 2.24) is 15.5 Å². The third-order valence-corrected chi connectivity index (χ3v) is 9.46. The molecule has 5 N–H and O–H groups in total. The number of fused-ring (bicyclic) bond motifs is 1. The van der Waals surface area contributed by atoms with Gasteiger partial charge in [0.15, 0.2) is 0 Å². The molecule has 8 heteroatoms. The highest BCUT2D eigenvalue weighted by Crippen LogP contribution is 2.38. The van der Waals surface area contributed by atoms with Gasteiger partial charge in [-0.2, -0.15) is 0 Å². The monoisotopic (exact) mass is 572 g/mol. The van der Waals surface area contributed by atoms with Crippen LogP contribution in [0.1, 0.15) is 118 Å². The van der Waals surface area contributed by atoms with Gasteiger partial charge in [-0.3, -0.25) is 9.59 Å². The van der Waals surface area contributed by atoms with Gasteiger partial charge in [-0.05, 0) is 89.9 Å². The van der Waals surface area contributed by atoms with Crippen molar-refractivity contribution in [3.63, 3.8) is 0 Å². The number of ether oxygens (including phenoxy) is 1. The molecule has 0 aromatic heterocycles. The SMILES string of the molecule is CN.CNC(C)C(O)C(C)NC(=O)c1cc2c(c(C(=O)N3CCCC3C3CCCCCCC3)c1)CCC(C)(C)CO2. The summed E-state index contributed by atoms with van der Waals surface area (Å²) in [7, 11) is 3.29. The van der Waals surface area contributed by atoms with E-state index in [0.717, 1.165) is 37.8 Å². The first kappa shape index (κ1) is 33.3. The summed E-state index contributed by atoms with van der Waals surface area (Å²) in [5.74, 6) is 0.959. The average molecular weight is 573 g/mol. The van der Waals surface area contributed by atoms with E-state index in [4.69, 9.17) is 4.74 Å². The van der Waals surface area contributed by atoms with E-state index in [1.165, 1.54) is 52.0 Å². The van der Waals surface area contributed by atoms with Crippen LogP contribution in [0.5, 0.6) is 5.75 Å². The first-order valence-corrected chi connectivity index (χ1v) is 16.0. The van der Waals surface area contributed by atoms with E-state index in [-0.39, 0.29) is 29.3 Å². The summed E-state index contributed by atoms with van der Waals surface area (Å²) in [5.41, 5.74) is 6.44. The molecule has 2 aliphatic heterocycles. The first-order chi connectivity index (χ1) is 19.6. The third-order valence-electron chi connectivity index (χ3n) is 9.46. The molecular weight excluding hydrogens is 516 g/mol. The highest BCUT2D eigenvalue weighted by atomic mass is 16.5. The summed E-state index contributed by atoms with van der Waals surface area (Å²) in [6, 6.07) is 3.23. The number of aliphatic hydroxyl groups is 1. The largest absolute Gasteiger partial charge is 0.493 e. The number of nitrogens with one attached hydrogen (secondary N) is 2. The molecule has 2 amide bonds. The third kappa shape index (κ3) is 8.45. The van der Waals surface area contributed by atoms with E-state index in [1.54, 1.807) is 26.1 Å². The standard InChI is InChI=1S/C32H51N3O4.CH5N/c1-21(33-5)29(36)22(2)34-30(37)24-18-26(25-15-16-32(3,4)20-39-28(25)19-24)31(38)35-17-11-14-27(35)23-12-9-7-6-8-10-13-23;1-2/h18-19,21-23,27,29,33,36H,6-17,20H2,1-5H3,(H,34,37);2H2,1H3. The molecule has 232 valence electrons. The molecule has 2 fully saturated rings. The van der Waals surface area contributed by atoms with Gasteiger partial charge in [-0.15, -0.1) is 0 Å². The molecule has 3 aliphatic rings. The number of rotatable bonds is 7. The number of nitrogens with two attached hydrogens (primary N) is 1. The van der Waals surface area contributed by atoms with Crippen molar-refractivity contribution in [2.75, 3.05) is 27.2 Å². The summed E-state index contributed by atoms with van der Waals surface area (Å²) in [6.45, 7) is 9.38. The molecule has 1 aromatic rings. The number of nitrogens with zero attached hydrogens (tertiary/aromatic N) is 1. The Balaban J connectivity index is 0.00000226. The predicted molar refractivity (Wildman–Crippen MR) is 165 cm³/mol. The fourth-order valence-electron chi connectivity index (χ4n) is 6.70. The van der Waals surface area contributed by atoms with Crippen molar-refractivity contribution in [3.8, 4) is 5.75 Å². The molecule has 1 aliphatic carbocycles. The van der Waals surface area contributed by atoms with Crippen LogP contribution in [0.25, 0.3) is 0 Å². The molecule has 4 rings (SSSR count). The quantitative estimate of drug-likeness (QED) is 0.378. The zero-order valence-corrected chi connectivity index (χ0v) is 26.4. The van der Waals surface area contributed by atoms with Crippen LogP contribution in [0.3, 0.4) is 0 Å². The van der Waals surface area contributed by atoms with Crippen LogP contribution >= 0.6 is 0 Å². The molecule has 4 atom stereocenters. The first-order valence-electron chi connectivity index (χ1n) is 16.0. The van der Waals surface area contributed by atoms with Crippen LogP contribution in [0.2, 0.25) is 0 Å². The highest BCUT2D eigenvalue weighted by molar-refractivity contribution is 6.02. The Bertz CT molecular complexity index is 1010. The van der Waals surface area contributed by atoms with Crippen molar-refractivity contribution in [1.29, 1.82) is 0 Å². The van der Waals surface area contributed by atoms with E-state index in [9.17, 15) is 14.7 Å². The van der Waals surface area contributed by atoms with Gasteiger partial charge in [0.25, 0.3) is 11.8 Å². The lowest BCUT2D eigenvalue weighted by Gasteiger charge is -2.33. The number of hydrogen-bond acceptors (Lipinski definition) is 6. The molecule has 1 saturated carbocycles. The number of carbonyl (C=O) groups excluding carboxylic acids is 2. The Morgan fingerprint density at radius 1 is 1.02 bits per heavy atom. The van der Waals surface area contributed by atoms with Crippen LogP contribution in [-0.2, 0) is 6.42 Å². The summed E-state index contributed by atoms with van der Waals surface area (Å²) >= 11 is 0. The number of hydrogen-bond donors (Lipinski definition) is 4. The molecule has 0 radical (unpaired) electrons. The van der Waals surface area contributed by atoms with Gasteiger partial charge in [-0.25, -0.2) is 0 Å². The second-order valence-corrected chi connectivity index (χ2v) is 13.1. The zero-order chi connectivity index (χ0) is 30.2. The zero-order valence-electron chi connectivity index (χ0n) is 26.4. The lowest BCUT2D eigenvalue weighted by molar-refractivity contribution is 0.0667. The number of likely N-dealkylation sites (N-methyl/N-ethyl adjacent to an activating group) is 1. The highest BCUT2D eigenvalue weighted by Gasteiger charge is 2.37. The fourth-order valence-corrected chi connectivity index (χ4v) is 6.70. The number of carbonyl (C=O) groups is 2. The maximum atomic E-state index is 14.3. The summed E-state index contributed by atoms with van der Waals surface area (Å²) in [4.78, 5) is 29.9. The minimum atomic E-state index is -0.743. The topological polar surface area (TPSA) is 117 Å². The Morgan fingerprint density at radius 2 is 1.68 bits per heavy atom. The fraction of sp³-hybridized carbons (Fsp3) is 0.758. The van der Waals surface area contributed by atoms with Crippen molar-refractivity contribution in [2.24, 2.45) is 17.1 Å². The second-order valence-electron chi connectivity index (χ2n) is 13.1. The summed E-state index contributed by atoms with van der Waals surface area (Å²) < 4.78 is 6.28. The van der Waals surface area contributed by atoms with Gasteiger partial charge >= 0.3 is 0 Å². The predicted octanol–water partition coefficient (Wildman–Crippen LogP) is 4.66. The Labute approximate surface area is 248 Å².